The van der Waals surface area contributed by atoms with Crippen LogP contribution in [-0.2, 0) is 0 Å². The average Bonchev–Trinajstić information content (AvgIpc) is 2.95. The quantitative estimate of drug-likeness (QED) is 0.677. The topological polar surface area (TPSA) is 25.8 Å². The average molecular weight is 262 g/mol. The van der Waals surface area contributed by atoms with Crippen LogP contribution in [0.2, 0.25) is 0 Å². The van der Waals surface area contributed by atoms with Crippen molar-refractivity contribution >= 4 is 43.1 Å². The van der Waals surface area contributed by atoms with E-state index >= 15 is 0 Å². The lowest BCUT2D eigenvalue weighted by Gasteiger charge is -2.06. The van der Waals surface area contributed by atoms with Gasteiger partial charge >= 0.3 is 0 Å². The number of benzene rings is 1. The van der Waals surface area contributed by atoms with Gasteiger partial charge in [-0.05, 0) is 25.0 Å². The summed E-state index contributed by atoms with van der Waals surface area (Å²) >= 11 is 3.51. The summed E-state index contributed by atoms with van der Waals surface area (Å²) in [7, 11) is 0. The highest BCUT2D eigenvalue weighted by molar-refractivity contribution is 7.19. The van der Waals surface area contributed by atoms with E-state index in [9.17, 15) is 0 Å². The second kappa shape index (κ2) is 4.35. The van der Waals surface area contributed by atoms with E-state index in [1.165, 1.54) is 14.4 Å². The van der Waals surface area contributed by atoms with Gasteiger partial charge in [-0.1, -0.05) is 13.8 Å². The molecule has 0 bridgehead atoms. The minimum Gasteiger partial charge on any atom is -0.242 e. The zero-order valence-corrected chi connectivity index (χ0v) is 11.6. The Labute approximate surface area is 108 Å². The Morgan fingerprint density at radius 1 is 1.12 bits per heavy atom. The molecule has 2 nitrogen and oxygen atoms in total. The standard InChI is InChI=1S/C13H14N2S2/c1-3-8(4-2)13-15-12-10(17-13)6-5-9-11(12)14-7-16-9/h5-8H,3-4H2,1-2H3. The Morgan fingerprint density at radius 2 is 1.88 bits per heavy atom. The van der Waals surface area contributed by atoms with E-state index < -0.39 is 0 Å². The largest absolute Gasteiger partial charge is 0.242 e. The van der Waals surface area contributed by atoms with Crippen molar-refractivity contribution in [1.29, 1.82) is 0 Å². The summed E-state index contributed by atoms with van der Waals surface area (Å²) in [5, 5.41) is 1.27. The number of rotatable bonds is 3. The van der Waals surface area contributed by atoms with Crippen molar-refractivity contribution in [3.8, 4) is 0 Å². The molecule has 2 aromatic heterocycles. The molecule has 0 aliphatic heterocycles. The molecule has 0 amide bonds. The third-order valence-electron chi connectivity index (χ3n) is 3.21. The van der Waals surface area contributed by atoms with Gasteiger partial charge in [0.2, 0.25) is 0 Å². The normalized spacial score (nSPS) is 11.9. The first-order chi connectivity index (χ1) is 8.33. The summed E-state index contributed by atoms with van der Waals surface area (Å²) in [6.45, 7) is 4.47. The first-order valence-corrected chi connectivity index (χ1v) is 7.65. The van der Waals surface area contributed by atoms with E-state index in [2.05, 4.69) is 31.0 Å². The molecule has 0 saturated heterocycles. The maximum Gasteiger partial charge on any atom is 0.109 e. The van der Waals surface area contributed by atoms with Crippen molar-refractivity contribution in [2.24, 2.45) is 0 Å². The smallest absolute Gasteiger partial charge is 0.109 e. The monoisotopic (exact) mass is 262 g/mol. The molecule has 4 heteroatoms. The Morgan fingerprint density at radius 3 is 2.65 bits per heavy atom. The summed E-state index contributed by atoms with van der Waals surface area (Å²) in [6.07, 6.45) is 2.33. The Hall–Kier alpha value is -1.00. The van der Waals surface area contributed by atoms with Crippen LogP contribution in [0.1, 0.15) is 37.6 Å². The van der Waals surface area contributed by atoms with Crippen LogP contribution in [0.3, 0.4) is 0 Å². The molecule has 0 fully saturated rings. The van der Waals surface area contributed by atoms with Gasteiger partial charge in [-0.15, -0.1) is 22.7 Å². The van der Waals surface area contributed by atoms with Crippen LogP contribution in [0.5, 0.6) is 0 Å². The van der Waals surface area contributed by atoms with Crippen LogP contribution in [0, 0.1) is 0 Å². The maximum atomic E-state index is 4.82. The molecular formula is C13H14N2S2. The predicted octanol–water partition coefficient (Wildman–Crippen LogP) is 4.81. The number of aromatic nitrogens is 2. The summed E-state index contributed by atoms with van der Waals surface area (Å²) < 4.78 is 2.50. The molecule has 0 N–H and O–H groups in total. The van der Waals surface area contributed by atoms with Gasteiger partial charge in [0.05, 0.1) is 19.9 Å². The third kappa shape index (κ3) is 1.76. The fourth-order valence-electron chi connectivity index (χ4n) is 2.15. The Kier molecular flexibility index (Phi) is 2.84. The molecule has 88 valence electrons. The zero-order valence-electron chi connectivity index (χ0n) is 9.93. The SMILES string of the molecule is CCC(CC)c1nc2c(ccc3scnc32)s1. The van der Waals surface area contributed by atoms with Crippen LogP contribution in [0.25, 0.3) is 20.4 Å². The lowest BCUT2D eigenvalue weighted by Crippen LogP contribution is -1.93. The maximum absolute atomic E-state index is 4.82. The molecule has 3 rings (SSSR count). The van der Waals surface area contributed by atoms with Gasteiger partial charge in [-0.25, -0.2) is 9.97 Å². The molecule has 17 heavy (non-hydrogen) atoms. The molecule has 2 heterocycles. The highest BCUT2D eigenvalue weighted by Crippen LogP contribution is 2.35. The highest BCUT2D eigenvalue weighted by Gasteiger charge is 2.14. The molecule has 1 aromatic carbocycles. The molecule has 0 atom stereocenters. The molecule has 3 aromatic rings. The molecular weight excluding hydrogens is 248 g/mol. The zero-order chi connectivity index (χ0) is 11.8. The molecule has 0 saturated carbocycles. The van der Waals surface area contributed by atoms with Crippen molar-refractivity contribution in [3.05, 3.63) is 22.7 Å². The summed E-state index contributed by atoms with van der Waals surface area (Å²) in [4.78, 5) is 9.25. The molecule has 0 aliphatic rings. The van der Waals surface area contributed by atoms with Gasteiger partial charge < -0.3 is 0 Å². The fourth-order valence-corrected chi connectivity index (χ4v) is 4.06. The molecule has 0 radical (unpaired) electrons. The Balaban J connectivity index is 2.23. The molecule has 0 spiro atoms. The third-order valence-corrected chi connectivity index (χ3v) is 5.19. The highest BCUT2D eigenvalue weighted by atomic mass is 32.1. The predicted molar refractivity (Wildman–Crippen MR) is 76.1 cm³/mol. The van der Waals surface area contributed by atoms with E-state index in [4.69, 9.17) is 4.98 Å². The van der Waals surface area contributed by atoms with Crippen molar-refractivity contribution in [2.75, 3.05) is 0 Å². The fraction of sp³-hybridized carbons (Fsp3) is 0.385. The number of hydrogen-bond acceptors (Lipinski definition) is 4. The van der Waals surface area contributed by atoms with Gasteiger partial charge in [0, 0.05) is 5.92 Å². The minimum atomic E-state index is 0.598. The van der Waals surface area contributed by atoms with Crippen molar-refractivity contribution in [1.82, 2.24) is 9.97 Å². The van der Waals surface area contributed by atoms with Crippen LogP contribution >= 0.6 is 22.7 Å². The van der Waals surface area contributed by atoms with E-state index in [1.807, 2.05) is 16.8 Å². The second-order valence-electron chi connectivity index (χ2n) is 4.18. The van der Waals surface area contributed by atoms with Crippen molar-refractivity contribution < 1.29 is 0 Å². The number of nitrogens with zero attached hydrogens (tertiary/aromatic N) is 2. The Bertz CT molecular complexity index is 650. The van der Waals surface area contributed by atoms with Gasteiger partial charge in [0.15, 0.2) is 0 Å². The lowest BCUT2D eigenvalue weighted by molar-refractivity contribution is 0.639. The van der Waals surface area contributed by atoms with Gasteiger partial charge in [0.25, 0.3) is 0 Å². The van der Waals surface area contributed by atoms with Gasteiger partial charge in [-0.2, -0.15) is 0 Å². The van der Waals surface area contributed by atoms with E-state index in [-0.39, 0.29) is 0 Å². The van der Waals surface area contributed by atoms with Crippen molar-refractivity contribution in [2.45, 2.75) is 32.6 Å². The van der Waals surface area contributed by atoms with Gasteiger partial charge in [0.1, 0.15) is 11.0 Å². The summed E-state index contributed by atoms with van der Waals surface area (Å²) in [5.41, 5.74) is 4.07. The lowest BCUT2D eigenvalue weighted by atomic mass is 10.1. The van der Waals surface area contributed by atoms with Crippen molar-refractivity contribution in [3.63, 3.8) is 0 Å². The minimum absolute atomic E-state index is 0.598. The second-order valence-corrected chi connectivity index (χ2v) is 6.13. The molecule has 0 unspecified atom stereocenters. The van der Waals surface area contributed by atoms with Gasteiger partial charge in [-0.3, -0.25) is 0 Å². The van der Waals surface area contributed by atoms with Crippen LogP contribution < -0.4 is 0 Å². The van der Waals surface area contributed by atoms with E-state index in [0.717, 1.165) is 23.9 Å². The number of thiazole rings is 2. The molecule has 0 aliphatic carbocycles. The van der Waals surface area contributed by atoms with E-state index in [0.29, 0.717) is 5.92 Å². The number of hydrogen-bond donors (Lipinski definition) is 0. The number of fused-ring (bicyclic) bond motifs is 3. The van der Waals surface area contributed by atoms with Crippen LogP contribution in [0.4, 0.5) is 0 Å². The van der Waals surface area contributed by atoms with E-state index in [1.54, 1.807) is 11.3 Å². The summed E-state index contributed by atoms with van der Waals surface area (Å²) in [6, 6.07) is 4.34. The van der Waals surface area contributed by atoms with Crippen LogP contribution in [-0.4, -0.2) is 9.97 Å². The van der Waals surface area contributed by atoms with Crippen LogP contribution in [0.15, 0.2) is 17.6 Å². The first kappa shape index (κ1) is 11.1. The first-order valence-electron chi connectivity index (χ1n) is 5.96. The summed E-state index contributed by atoms with van der Waals surface area (Å²) in [5.74, 6) is 0.598.